The summed E-state index contributed by atoms with van der Waals surface area (Å²) in [5.41, 5.74) is 1.18. The molecule has 15 heteroatoms. The van der Waals surface area contributed by atoms with Gasteiger partial charge in [0.2, 0.25) is 22.0 Å². The average molecular weight is 897 g/mol. The van der Waals surface area contributed by atoms with Crippen molar-refractivity contribution in [1.82, 2.24) is 9.80 Å². The fraction of sp³-hybridized carbons (Fsp3) is 0.318. The molecule has 6 rings (SSSR count). The maximum atomic E-state index is 12.9. The van der Waals surface area contributed by atoms with Crippen molar-refractivity contribution < 1.29 is 39.0 Å². The Morgan fingerprint density at radius 3 is 1.15 bits per heavy atom. The zero-order valence-electron chi connectivity index (χ0n) is 32.8. The molecular formula is C44H44CaN2O8S4. The molecule has 2 amide bonds. The van der Waals surface area contributed by atoms with E-state index < -0.39 is 35.9 Å². The molecule has 0 N–H and O–H groups in total. The number of hydrogen-bond acceptors (Lipinski definition) is 12. The number of amides is 2. The van der Waals surface area contributed by atoms with Crippen molar-refractivity contribution in [1.29, 1.82) is 0 Å². The van der Waals surface area contributed by atoms with Crippen molar-refractivity contribution in [3.63, 3.8) is 0 Å². The van der Waals surface area contributed by atoms with Gasteiger partial charge in [-0.05, 0) is 37.1 Å². The minimum Gasteiger partial charge on any atom is -0.548 e. The van der Waals surface area contributed by atoms with E-state index in [1.165, 1.54) is 9.80 Å². The first-order valence-corrected chi connectivity index (χ1v) is 22.5. The molecule has 0 bridgehead atoms. The van der Waals surface area contributed by atoms with Gasteiger partial charge in [0.05, 0.1) is 24.0 Å². The fourth-order valence-corrected chi connectivity index (χ4v) is 10.6. The van der Waals surface area contributed by atoms with E-state index in [0.29, 0.717) is 48.6 Å². The third-order valence-corrected chi connectivity index (χ3v) is 14.3. The number of aliphatic carboxylic acids is 2. The van der Waals surface area contributed by atoms with Crippen LogP contribution in [-0.2, 0) is 19.2 Å². The van der Waals surface area contributed by atoms with Crippen molar-refractivity contribution in [3.8, 4) is 0 Å². The quantitative estimate of drug-likeness (QED) is 0.156. The summed E-state index contributed by atoms with van der Waals surface area (Å²) < 4.78 is 0. The molecule has 2 aliphatic heterocycles. The van der Waals surface area contributed by atoms with Crippen molar-refractivity contribution in [2.75, 3.05) is 24.6 Å². The molecule has 4 aromatic carbocycles. The monoisotopic (exact) mass is 896 g/mol. The van der Waals surface area contributed by atoms with Crippen LogP contribution in [-0.4, -0.2) is 129 Å². The number of likely N-dealkylation sites (tertiary alicyclic amines) is 2. The van der Waals surface area contributed by atoms with Crippen molar-refractivity contribution in [2.24, 2.45) is 11.8 Å². The number of hydrogen-bond donors (Lipinski definition) is 0. The third-order valence-electron chi connectivity index (χ3n) is 9.52. The number of benzene rings is 4. The van der Waals surface area contributed by atoms with Gasteiger partial charge in [0.15, 0.2) is 0 Å². The molecule has 2 heterocycles. The fourth-order valence-electron chi connectivity index (χ4n) is 6.51. The van der Waals surface area contributed by atoms with Crippen LogP contribution in [0.3, 0.4) is 0 Å². The Balaban J connectivity index is 0.000000256. The van der Waals surface area contributed by atoms with Crippen LogP contribution in [0.5, 0.6) is 0 Å². The van der Waals surface area contributed by atoms with Crippen LogP contribution in [0, 0.1) is 11.8 Å². The van der Waals surface area contributed by atoms with Crippen molar-refractivity contribution in [3.05, 3.63) is 132 Å². The number of carboxylic acids is 2. The molecule has 2 aliphatic rings. The predicted octanol–water partition coefficient (Wildman–Crippen LogP) is 5.03. The topological polar surface area (TPSA) is 155 Å². The minimum absolute atomic E-state index is 0. The van der Waals surface area contributed by atoms with Crippen LogP contribution >= 0.6 is 47.0 Å². The van der Waals surface area contributed by atoms with Gasteiger partial charge in [-0.1, -0.05) is 134 Å². The van der Waals surface area contributed by atoms with Crippen molar-refractivity contribution >= 4 is 119 Å². The van der Waals surface area contributed by atoms with Gasteiger partial charge in [-0.15, -0.1) is 23.5 Å². The van der Waals surface area contributed by atoms with Gasteiger partial charge >= 0.3 is 37.7 Å². The third kappa shape index (κ3) is 14.4. The number of rotatable bonds is 14. The van der Waals surface area contributed by atoms with Crippen LogP contribution in [0.25, 0.3) is 0 Å². The molecule has 0 aromatic heterocycles. The second kappa shape index (κ2) is 24.3. The number of carboxylic acid groups (broad SMARTS) is 2. The second-order valence-electron chi connectivity index (χ2n) is 14.0. The number of carbonyl (C=O) groups excluding carboxylic acids is 6. The van der Waals surface area contributed by atoms with Crippen LogP contribution in [0.2, 0.25) is 0 Å². The Morgan fingerprint density at radius 2 is 0.847 bits per heavy atom. The van der Waals surface area contributed by atoms with E-state index in [2.05, 4.69) is 0 Å². The zero-order chi connectivity index (χ0) is 41.6. The van der Waals surface area contributed by atoms with Crippen molar-refractivity contribution in [2.45, 2.75) is 59.1 Å². The first-order valence-electron chi connectivity index (χ1n) is 18.8. The summed E-state index contributed by atoms with van der Waals surface area (Å²) >= 11 is 5.32. The molecule has 0 aliphatic carbocycles. The SMILES string of the molecule is CC(CSC(=O)c1ccccc1)C(=O)N1CC(Sc2ccccc2)C[C@H]1C(=O)[O-].CC(CSC(=O)c1ccccc1)C(=O)N1C[C@@H](Sc2ccccc2)C[C@H]1C(=O)[O-].[Ca+2]. The molecular weight excluding hydrogens is 853 g/mol. The number of thioether (sulfide) groups is 4. The Kier molecular flexibility index (Phi) is 19.9. The summed E-state index contributed by atoms with van der Waals surface area (Å²) in [6, 6.07) is 35.4. The molecule has 0 spiro atoms. The minimum atomic E-state index is -1.23. The van der Waals surface area contributed by atoms with E-state index in [4.69, 9.17) is 0 Å². The van der Waals surface area contributed by atoms with Gasteiger partial charge in [0.1, 0.15) is 0 Å². The van der Waals surface area contributed by atoms with Gasteiger partial charge in [0.25, 0.3) is 0 Å². The molecule has 10 nitrogen and oxygen atoms in total. The first kappa shape index (κ1) is 48.4. The summed E-state index contributed by atoms with van der Waals surface area (Å²) in [6.07, 6.45) is 0.715. The Hall–Kier alpha value is -3.24. The molecule has 0 radical (unpaired) electrons. The Labute approximate surface area is 392 Å². The molecule has 2 fully saturated rings. The Bertz CT molecular complexity index is 1870. The van der Waals surface area contributed by atoms with Gasteiger partial charge in [-0.2, -0.15) is 0 Å². The zero-order valence-corrected chi connectivity index (χ0v) is 38.2. The van der Waals surface area contributed by atoms with Gasteiger partial charge in [-0.25, -0.2) is 0 Å². The van der Waals surface area contributed by atoms with E-state index in [1.807, 2.05) is 72.8 Å². The predicted molar refractivity (Wildman–Crippen MR) is 233 cm³/mol. The summed E-state index contributed by atoms with van der Waals surface area (Å²) in [7, 11) is 0. The second-order valence-corrected chi connectivity index (χ2v) is 18.7. The summed E-state index contributed by atoms with van der Waals surface area (Å²) in [6.45, 7) is 4.19. The Morgan fingerprint density at radius 1 is 0.542 bits per heavy atom. The molecule has 59 heavy (non-hydrogen) atoms. The standard InChI is InChI=1S/2C22H23NO4S2.Ca/c2*1-15(14-28-22(27)16-8-4-2-5-9-16)20(24)23-13-18(12-19(23)21(25)26)29-17-10-6-3-7-11-17;/h2*2-11,15,18-19H,12-14H2,1H3,(H,25,26);/q;;+2/p-2/t15?,18?,19-;15?,18-,19-;/m00./s1. The van der Waals surface area contributed by atoms with Crippen LogP contribution in [0.4, 0.5) is 0 Å². The largest absolute Gasteiger partial charge is 2.00 e. The average Bonchev–Trinajstić information content (AvgIpc) is 3.87. The summed E-state index contributed by atoms with van der Waals surface area (Å²) in [5, 5.41) is 23.0. The van der Waals surface area contributed by atoms with Gasteiger partial charge in [-0.3, -0.25) is 19.2 Å². The maximum Gasteiger partial charge on any atom is 2.00 e. The molecule has 304 valence electrons. The molecule has 2 saturated heterocycles. The smallest absolute Gasteiger partial charge is 0.548 e. The van der Waals surface area contributed by atoms with E-state index in [-0.39, 0.29) is 70.3 Å². The van der Waals surface area contributed by atoms with E-state index in [9.17, 15) is 39.0 Å². The maximum absolute atomic E-state index is 12.9. The van der Waals surface area contributed by atoms with Crippen LogP contribution in [0.15, 0.2) is 131 Å². The normalized spacial score (nSPS) is 19.4. The van der Waals surface area contributed by atoms with E-state index in [0.717, 1.165) is 33.3 Å². The molecule has 4 aromatic rings. The first-order chi connectivity index (χ1) is 27.9. The van der Waals surface area contributed by atoms with Crippen LogP contribution in [0.1, 0.15) is 47.4 Å². The number of nitrogens with zero attached hydrogens (tertiary/aromatic N) is 2. The molecule has 3 unspecified atom stereocenters. The molecule has 0 saturated carbocycles. The van der Waals surface area contributed by atoms with Crippen LogP contribution < -0.4 is 10.2 Å². The van der Waals surface area contributed by atoms with E-state index in [1.54, 1.807) is 85.9 Å². The van der Waals surface area contributed by atoms with Gasteiger partial charge in [0, 0.05) is 67.8 Å². The van der Waals surface area contributed by atoms with Gasteiger partial charge < -0.3 is 29.6 Å². The number of carbonyl (C=O) groups is 6. The molecule has 6 atom stereocenters. The summed E-state index contributed by atoms with van der Waals surface area (Å²) in [5.74, 6) is -3.26. The summed E-state index contributed by atoms with van der Waals surface area (Å²) in [4.78, 5) is 78.5. The van der Waals surface area contributed by atoms with E-state index >= 15 is 0 Å².